The van der Waals surface area contributed by atoms with Gasteiger partial charge in [0.05, 0.1) is 11.5 Å². The van der Waals surface area contributed by atoms with Crippen LogP contribution in [0.1, 0.15) is 54.9 Å². The van der Waals surface area contributed by atoms with Gasteiger partial charge in [0.25, 0.3) is 5.91 Å². The molecule has 39 heavy (non-hydrogen) atoms. The Kier molecular flexibility index (Phi) is 6.87. The van der Waals surface area contributed by atoms with Crippen LogP contribution in [-0.2, 0) is 38.6 Å². The Morgan fingerprint density at radius 1 is 1.08 bits per heavy atom. The van der Waals surface area contributed by atoms with Crippen LogP contribution in [0.15, 0.2) is 42.5 Å². The number of nitrogens with zero attached hydrogens (tertiary/aromatic N) is 1. The highest BCUT2D eigenvalue weighted by atomic mass is 35.5. The average molecular weight is 588 g/mol. The highest BCUT2D eigenvalue weighted by molar-refractivity contribution is 7.91. The lowest BCUT2D eigenvalue weighted by Gasteiger charge is -2.45. The summed E-state index contributed by atoms with van der Waals surface area (Å²) < 4.78 is 79.2. The molecule has 1 amide bonds. The fourth-order valence-electron chi connectivity index (χ4n) is 6.59. The van der Waals surface area contributed by atoms with Crippen molar-refractivity contribution in [2.75, 3.05) is 18.1 Å². The Morgan fingerprint density at radius 3 is 2.33 bits per heavy atom. The van der Waals surface area contributed by atoms with Crippen LogP contribution in [0, 0.1) is 0 Å². The van der Waals surface area contributed by atoms with Crippen molar-refractivity contribution in [1.82, 2.24) is 4.90 Å². The lowest BCUT2D eigenvalue weighted by Crippen LogP contribution is -2.57. The number of carbonyl (C=O) groups is 1. The number of halogens is 5. The summed E-state index contributed by atoms with van der Waals surface area (Å²) in [7, 11) is -3.31. The summed E-state index contributed by atoms with van der Waals surface area (Å²) in [5, 5.41) is 11.8. The second-order valence-electron chi connectivity index (χ2n) is 11.3. The summed E-state index contributed by atoms with van der Waals surface area (Å²) in [5.41, 5.74) is -4.13. The molecular formula is C28H30ClF4NO4S. The van der Waals surface area contributed by atoms with Crippen molar-refractivity contribution in [2.24, 2.45) is 0 Å². The first-order chi connectivity index (χ1) is 18.1. The number of aliphatic hydroxyl groups is 1. The van der Waals surface area contributed by atoms with Crippen LogP contribution in [0.25, 0.3) is 0 Å². The first-order valence-corrected chi connectivity index (χ1v) is 15.2. The van der Waals surface area contributed by atoms with Gasteiger partial charge in [-0.2, -0.15) is 13.2 Å². The van der Waals surface area contributed by atoms with Gasteiger partial charge in [-0.3, -0.25) is 4.79 Å². The summed E-state index contributed by atoms with van der Waals surface area (Å²) in [4.78, 5) is 15.4. The van der Waals surface area contributed by atoms with Crippen LogP contribution in [0.4, 0.5) is 17.6 Å². The van der Waals surface area contributed by atoms with E-state index in [0.717, 1.165) is 11.1 Å². The minimum atomic E-state index is -5.07. The van der Waals surface area contributed by atoms with E-state index in [1.165, 1.54) is 12.1 Å². The van der Waals surface area contributed by atoms with Gasteiger partial charge in [0, 0.05) is 23.0 Å². The van der Waals surface area contributed by atoms with Gasteiger partial charge in [0.1, 0.15) is 5.60 Å². The fraction of sp³-hybridized carbons (Fsp3) is 0.536. The summed E-state index contributed by atoms with van der Waals surface area (Å²) in [6, 6.07) is 10.9. The van der Waals surface area contributed by atoms with Crippen molar-refractivity contribution >= 4 is 27.3 Å². The number of alkyl halides is 4. The van der Waals surface area contributed by atoms with E-state index in [4.69, 9.17) is 11.6 Å². The summed E-state index contributed by atoms with van der Waals surface area (Å²) >= 11 is 6.08. The molecule has 0 spiro atoms. The Hall–Kier alpha value is -2.17. The summed E-state index contributed by atoms with van der Waals surface area (Å²) in [5.74, 6) is -1.04. The van der Waals surface area contributed by atoms with Gasteiger partial charge in [-0.15, -0.1) is 0 Å². The minimum Gasteiger partial charge on any atom is -0.380 e. The average Bonchev–Trinajstić information content (AvgIpc) is 3.25. The topological polar surface area (TPSA) is 74.7 Å². The van der Waals surface area contributed by atoms with Crippen molar-refractivity contribution in [2.45, 2.75) is 74.4 Å². The number of sulfone groups is 1. The number of likely N-dealkylation sites (tertiary alicyclic amines) is 1. The van der Waals surface area contributed by atoms with E-state index in [-0.39, 0.29) is 30.4 Å². The molecular weight excluding hydrogens is 558 g/mol. The molecule has 5 rings (SSSR count). The number of rotatable bonds is 4. The van der Waals surface area contributed by atoms with E-state index in [1.807, 2.05) is 12.1 Å². The van der Waals surface area contributed by atoms with Gasteiger partial charge >= 0.3 is 6.18 Å². The van der Waals surface area contributed by atoms with Gasteiger partial charge in [0.2, 0.25) is 5.67 Å². The van der Waals surface area contributed by atoms with E-state index in [9.17, 15) is 35.9 Å². The van der Waals surface area contributed by atoms with Gasteiger partial charge in [0.15, 0.2) is 9.84 Å². The molecule has 5 nitrogen and oxygen atoms in total. The van der Waals surface area contributed by atoms with Gasteiger partial charge < -0.3 is 10.0 Å². The number of carbonyl (C=O) groups excluding carboxylic acids is 1. The highest BCUT2D eigenvalue weighted by Crippen LogP contribution is 2.51. The second-order valence-corrected chi connectivity index (χ2v) is 14.1. The van der Waals surface area contributed by atoms with Crippen molar-refractivity contribution in [3.8, 4) is 0 Å². The molecule has 2 heterocycles. The van der Waals surface area contributed by atoms with Crippen molar-refractivity contribution in [3.63, 3.8) is 0 Å². The largest absolute Gasteiger partial charge is 0.426 e. The number of hydrogen-bond acceptors (Lipinski definition) is 4. The third kappa shape index (κ3) is 4.86. The minimum absolute atomic E-state index is 0.173. The molecule has 2 aromatic rings. The Balaban J connectivity index is 1.55. The fourth-order valence-corrected chi connectivity index (χ4v) is 8.22. The van der Waals surface area contributed by atoms with E-state index in [0.29, 0.717) is 49.7 Å². The maximum absolute atomic E-state index is 14.9. The molecule has 0 saturated carbocycles. The number of fused-ring (bicyclic) bond motifs is 3. The van der Waals surface area contributed by atoms with Crippen molar-refractivity contribution in [3.05, 3.63) is 69.7 Å². The van der Waals surface area contributed by atoms with Gasteiger partial charge in [-0.25, -0.2) is 12.8 Å². The number of amides is 1. The zero-order chi connectivity index (χ0) is 28.4. The van der Waals surface area contributed by atoms with Gasteiger partial charge in [-0.1, -0.05) is 41.9 Å². The zero-order valence-corrected chi connectivity index (χ0v) is 23.0. The first kappa shape index (κ1) is 28.4. The lowest BCUT2D eigenvalue weighted by molar-refractivity contribution is -0.228. The molecule has 0 radical (unpaired) electrons. The van der Waals surface area contributed by atoms with Gasteiger partial charge in [-0.05, 0) is 79.8 Å². The third-order valence-electron chi connectivity index (χ3n) is 8.96. The first-order valence-electron chi connectivity index (χ1n) is 13.0. The molecule has 2 saturated heterocycles. The monoisotopic (exact) mass is 587 g/mol. The van der Waals surface area contributed by atoms with E-state index < -0.39 is 44.2 Å². The molecule has 212 valence electrons. The predicted octanol–water partition coefficient (Wildman–Crippen LogP) is 5.05. The van der Waals surface area contributed by atoms with E-state index in [1.54, 1.807) is 23.1 Å². The maximum atomic E-state index is 14.9. The van der Waals surface area contributed by atoms with Crippen LogP contribution in [0.2, 0.25) is 5.02 Å². The van der Waals surface area contributed by atoms with Crippen LogP contribution in [0.5, 0.6) is 0 Å². The Morgan fingerprint density at radius 2 is 1.72 bits per heavy atom. The quantitative estimate of drug-likeness (QED) is 0.508. The Labute approximate surface area is 230 Å². The van der Waals surface area contributed by atoms with Crippen LogP contribution in [-0.4, -0.2) is 60.2 Å². The van der Waals surface area contributed by atoms with Crippen LogP contribution >= 0.6 is 11.6 Å². The maximum Gasteiger partial charge on any atom is 0.426 e. The highest BCUT2D eigenvalue weighted by Gasteiger charge is 2.57. The van der Waals surface area contributed by atoms with E-state index >= 15 is 0 Å². The summed E-state index contributed by atoms with van der Waals surface area (Å²) in [6.45, 7) is 0.821. The van der Waals surface area contributed by atoms with Crippen molar-refractivity contribution < 1.29 is 35.9 Å². The molecule has 1 N–H and O–H groups in total. The third-order valence-corrected chi connectivity index (χ3v) is 10.9. The Bertz CT molecular complexity index is 1380. The molecule has 0 bridgehead atoms. The molecule has 11 heteroatoms. The molecule has 3 unspecified atom stereocenters. The normalized spacial score (nSPS) is 27.4. The molecule has 1 aliphatic carbocycles. The predicted molar refractivity (Wildman–Crippen MR) is 139 cm³/mol. The van der Waals surface area contributed by atoms with E-state index in [2.05, 4.69) is 0 Å². The summed E-state index contributed by atoms with van der Waals surface area (Å²) in [6.07, 6.45) is -3.72. The standard InChI is InChI=1S/C28H30ClF4NO4S/c1-25(30,28(31,32)33)20-5-8-22-19(16-20)4-9-23-26(22,17-18-2-6-21(29)7-3-18)10-13-34(23)24(35)27(36)11-14-39(37,38)15-12-27/h2-3,5-8,16,23,36H,4,9-15,17H2,1H3. The van der Waals surface area contributed by atoms with Crippen molar-refractivity contribution in [1.29, 1.82) is 0 Å². The molecule has 3 atom stereocenters. The molecule has 3 aliphatic rings. The van der Waals surface area contributed by atoms with Crippen LogP contribution in [0.3, 0.4) is 0 Å². The molecule has 2 fully saturated rings. The molecule has 0 aromatic heterocycles. The van der Waals surface area contributed by atoms with Crippen LogP contribution < -0.4 is 0 Å². The SMILES string of the molecule is CC(F)(c1ccc2c(c1)CCC1N(C(=O)C3(O)CCS(=O)(=O)CC3)CCC21Cc1ccc(Cl)cc1)C(F)(F)F. The molecule has 2 aromatic carbocycles. The molecule has 2 aliphatic heterocycles. The number of benzene rings is 2. The lowest BCUT2D eigenvalue weighted by atomic mass is 9.63. The second kappa shape index (κ2) is 9.45. The zero-order valence-electron chi connectivity index (χ0n) is 21.4. The number of aryl methyl sites for hydroxylation is 1. The smallest absolute Gasteiger partial charge is 0.380 e. The number of hydrogen-bond donors (Lipinski definition) is 1.